The van der Waals surface area contributed by atoms with Crippen molar-refractivity contribution in [1.29, 1.82) is 0 Å². The number of amides is 1. The van der Waals surface area contributed by atoms with Gasteiger partial charge in [-0.1, -0.05) is 18.5 Å². The first kappa shape index (κ1) is 13.9. The largest absolute Gasteiger partial charge is 0.396 e. The van der Waals surface area contributed by atoms with E-state index in [0.29, 0.717) is 12.8 Å². The topological polar surface area (TPSA) is 49.3 Å². The van der Waals surface area contributed by atoms with Gasteiger partial charge >= 0.3 is 0 Å². The summed E-state index contributed by atoms with van der Waals surface area (Å²) in [5, 5.41) is 11.5. The highest BCUT2D eigenvalue weighted by atomic mass is 35.5. The average Bonchev–Trinajstić information content (AvgIpc) is 2.31. The molecule has 1 unspecified atom stereocenters. The minimum absolute atomic E-state index is 0.00770. The van der Waals surface area contributed by atoms with Crippen LogP contribution in [0.1, 0.15) is 30.1 Å². The van der Waals surface area contributed by atoms with Crippen molar-refractivity contribution in [3.05, 3.63) is 34.6 Å². The molecule has 3 nitrogen and oxygen atoms in total. The van der Waals surface area contributed by atoms with Crippen molar-refractivity contribution in [2.24, 2.45) is 0 Å². The molecule has 0 radical (unpaired) electrons. The van der Waals surface area contributed by atoms with Gasteiger partial charge in [-0.15, -0.1) is 0 Å². The Labute approximate surface area is 105 Å². The van der Waals surface area contributed by atoms with Gasteiger partial charge in [0.05, 0.1) is 5.02 Å². The van der Waals surface area contributed by atoms with Crippen LogP contribution in [-0.4, -0.2) is 23.7 Å². The third kappa shape index (κ3) is 3.98. The molecule has 1 amide bonds. The summed E-state index contributed by atoms with van der Waals surface area (Å²) >= 11 is 5.53. The lowest BCUT2D eigenvalue weighted by Crippen LogP contribution is -2.35. The molecule has 0 fully saturated rings. The van der Waals surface area contributed by atoms with Crippen molar-refractivity contribution in [3.63, 3.8) is 0 Å². The van der Waals surface area contributed by atoms with Gasteiger partial charge in [0.1, 0.15) is 5.82 Å². The third-order valence-corrected chi connectivity index (χ3v) is 2.79. The van der Waals surface area contributed by atoms with Crippen LogP contribution in [0.3, 0.4) is 0 Å². The van der Waals surface area contributed by atoms with Gasteiger partial charge in [-0.25, -0.2) is 4.39 Å². The summed E-state index contributed by atoms with van der Waals surface area (Å²) in [4.78, 5) is 11.7. The molecule has 0 aromatic heterocycles. The van der Waals surface area contributed by atoms with Gasteiger partial charge in [-0.05, 0) is 31.0 Å². The van der Waals surface area contributed by atoms with Crippen LogP contribution in [0.2, 0.25) is 5.02 Å². The van der Waals surface area contributed by atoms with Crippen molar-refractivity contribution < 1.29 is 14.3 Å². The normalized spacial score (nSPS) is 12.2. The fraction of sp³-hybridized carbons (Fsp3) is 0.417. The van der Waals surface area contributed by atoms with E-state index in [9.17, 15) is 9.18 Å². The maximum absolute atomic E-state index is 13.2. The molecule has 5 heteroatoms. The van der Waals surface area contributed by atoms with E-state index >= 15 is 0 Å². The molecule has 0 heterocycles. The standard InChI is InChI=1S/C12H15ClFNO2/c1-2-9(5-6-16)15-12(17)8-3-4-10(13)11(14)7-8/h3-4,7,9,16H,2,5-6H2,1H3,(H,15,17). The summed E-state index contributed by atoms with van der Waals surface area (Å²) in [6.07, 6.45) is 1.20. The van der Waals surface area contributed by atoms with Gasteiger partial charge in [0.25, 0.3) is 5.91 Å². The van der Waals surface area contributed by atoms with E-state index < -0.39 is 5.82 Å². The smallest absolute Gasteiger partial charge is 0.251 e. The molecule has 2 N–H and O–H groups in total. The Bertz CT molecular complexity index is 398. The fourth-order valence-corrected chi connectivity index (χ4v) is 1.56. The third-order valence-electron chi connectivity index (χ3n) is 2.49. The summed E-state index contributed by atoms with van der Waals surface area (Å²) in [7, 11) is 0. The van der Waals surface area contributed by atoms with Gasteiger partial charge in [-0.2, -0.15) is 0 Å². The summed E-state index contributed by atoms with van der Waals surface area (Å²) < 4.78 is 13.2. The maximum Gasteiger partial charge on any atom is 0.251 e. The zero-order chi connectivity index (χ0) is 12.8. The summed E-state index contributed by atoms with van der Waals surface area (Å²) in [6, 6.07) is 3.81. The summed E-state index contributed by atoms with van der Waals surface area (Å²) in [6.45, 7) is 1.91. The highest BCUT2D eigenvalue weighted by Crippen LogP contribution is 2.15. The first-order valence-electron chi connectivity index (χ1n) is 5.45. The first-order valence-corrected chi connectivity index (χ1v) is 5.83. The molecule has 0 aliphatic heterocycles. The lowest BCUT2D eigenvalue weighted by molar-refractivity contribution is 0.0928. The molecule has 1 atom stereocenters. The lowest BCUT2D eigenvalue weighted by Gasteiger charge is -2.15. The van der Waals surface area contributed by atoms with E-state index in [1.54, 1.807) is 0 Å². The fourth-order valence-electron chi connectivity index (χ4n) is 1.44. The van der Waals surface area contributed by atoms with Crippen LogP contribution in [0.5, 0.6) is 0 Å². The number of aliphatic hydroxyl groups is 1. The second-order valence-corrected chi connectivity index (χ2v) is 4.13. The molecular formula is C12H15ClFNO2. The molecule has 0 aliphatic rings. The van der Waals surface area contributed by atoms with E-state index in [-0.39, 0.29) is 29.1 Å². The minimum atomic E-state index is -0.616. The van der Waals surface area contributed by atoms with Gasteiger partial charge in [0.15, 0.2) is 0 Å². The van der Waals surface area contributed by atoms with Crippen molar-refractivity contribution in [2.75, 3.05) is 6.61 Å². The summed E-state index contributed by atoms with van der Waals surface area (Å²) in [5.41, 5.74) is 0.225. The predicted octanol–water partition coefficient (Wildman–Crippen LogP) is 2.37. The molecule has 0 aliphatic carbocycles. The van der Waals surface area contributed by atoms with Crippen LogP contribution < -0.4 is 5.32 Å². The van der Waals surface area contributed by atoms with Crippen LogP contribution in [0.15, 0.2) is 18.2 Å². The van der Waals surface area contributed by atoms with Gasteiger partial charge in [-0.3, -0.25) is 4.79 Å². The minimum Gasteiger partial charge on any atom is -0.396 e. The molecule has 1 aromatic rings. The van der Waals surface area contributed by atoms with Crippen LogP contribution in [0.4, 0.5) is 4.39 Å². The van der Waals surface area contributed by atoms with E-state index in [4.69, 9.17) is 16.7 Å². The van der Waals surface area contributed by atoms with Crippen molar-refractivity contribution in [3.8, 4) is 0 Å². The Morgan fingerprint density at radius 1 is 1.59 bits per heavy atom. The maximum atomic E-state index is 13.2. The Hall–Kier alpha value is -1.13. The average molecular weight is 260 g/mol. The predicted molar refractivity (Wildman–Crippen MR) is 64.7 cm³/mol. The number of rotatable bonds is 5. The van der Waals surface area contributed by atoms with E-state index in [1.165, 1.54) is 12.1 Å². The number of hydrogen-bond acceptors (Lipinski definition) is 2. The molecule has 17 heavy (non-hydrogen) atoms. The Morgan fingerprint density at radius 2 is 2.29 bits per heavy atom. The van der Waals surface area contributed by atoms with Crippen molar-refractivity contribution in [2.45, 2.75) is 25.8 Å². The quantitative estimate of drug-likeness (QED) is 0.853. The van der Waals surface area contributed by atoms with E-state index in [0.717, 1.165) is 6.07 Å². The lowest BCUT2D eigenvalue weighted by atomic mass is 10.1. The molecule has 1 aromatic carbocycles. The molecule has 94 valence electrons. The number of hydrogen-bond donors (Lipinski definition) is 2. The van der Waals surface area contributed by atoms with Gasteiger partial charge in [0.2, 0.25) is 0 Å². The highest BCUT2D eigenvalue weighted by Gasteiger charge is 2.13. The number of halogens is 2. The molecule has 1 rings (SSSR count). The number of carbonyl (C=O) groups is 1. The SMILES string of the molecule is CCC(CCO)NC(=O)c1ccc(Cl)c(F)c1. The van der Waals surface area contributed by atoms with Crippen molar-refractivity contribution in [1.82, 2.24) is 5.32 Å². The number of benzene rings is 1. The van der Waals surface area contributed by atoms with Crippen LogP contribution >= 0.6 is 11.6 Å². The number of carbonyl (C=O) groups excluding carboxylic acids is 1. The van der Waals surface area contributed by atoms with Crippen molar-refractivity contribution >= 4 is 17.5 Å². The second kappa shape index (κ2) is 6.57. The monoisotopic (exact) mass is 259 g/mol. The summed E-state index contributed by atoms with van der Waals surface area (Å²) in [5.74, 6) is -0.976. The van der Waals surface area contributed by atoms with Gasteiger partial charge < -0.3 is 10.4 Å². The highest BCUT2D eigenvalue weighted by molar-refractivity contribution is 6.30. The molecule has 0 bridgehead atoms. The number of aliphatic hydroxyl groups excluding tert-OH is 1. The van der Waals surface area contributed by atoms with Crippen LogP contribution in [0, 0.1) is 5.82 Å². The van der Waals surface area contributed by atoms with E-state index in [2.05, 4.69) is 5.32 Å². The van der Waals surface area contributed by atoms with Gasteiger partial charge in [0, 0.05) is 18.2 Å². The second-order valence-electron chi connectivity index (χ2n) is 3.72. The molecule has 0 spiro atoms. The zero-order valence-electron chi connectivity index (χ0n) is 9.54. The molecular weight excluding hydrogens is 245 g/mol. The Morgan fingerprint density at radius 3 is 2.82 bits per heavy atom. The molecule has 0 saturated heterocycles. The van der Waals surface area contributed by atoms with E-state index in [1.807, 2.05) is 6.92 Å². The first-order chi connectivity index (χ1) is 8.08. The van der Waals surface area contributed by atoms with Crippen LogP contribution in [0.25, 0.3) is 0 Å². The Kier molecular flexibility index (Phi) is 5.38. The number of nitrogens with one attached hydrogen (secondary N) is 1. The van der Waals surface area contributed by atoms with Crippen LogP contribution in [-0.2, 0) is 0 Å². The molecule has 0 saturated carbocycles. The zero-order valence-corrected chi connectivity index (χ0v) is 10.3. The Balaban J connectivity index is 2.72.